The lowest BCUT2D eigenvalue weighted by Gasteiger charge is -2.13. The zero-order valence-electron chi connectivity index (χ0n) is 19.9. The lowest BCUT2D eigenvalue weighted by molar-refractivity contribution is 1.10. The van der Waals surface area contributed by atoms with Crippen LogP contribution in [0.1, 0.15) is 18.3 Å². The highest BCUT2D eigenvalue weighted by molar-refractivity contribution is 6.31. The van der Waals surface area contributed by atoms with Crippen LogP contribution < -0.4 is 0 Å². The number of hydrogen-bond donors (Lipinski definition) is 0. The normalized spacial score (nSPS) is 11.6. The SMILES string of the molecule is C=Cc1c(/C=C\C)nc2n(-c3cc(-c4ccccc4)cc(-c4ccccc4)c3)c3cc(Cl)ccc3n12. The Hall–Kier alpha value is -4.34. The van der Waals surface area contributed by atoms with Crippen molar-refractivity contribution in [3.63, 3.8) is 0 Å². The number of imidazole rings is 2. The standard InChI is InChI=1S/C32H24ClN3/c1-3-11-28-29(4-2)36-30-17-16-26(33)21-31(30)35(32(36)34-28)27-19-24(22-12-7-5-8-13-22)18-25(20-27)23-14-9-6-10-15-23/h3-21H,2H2,1H3/b11-3-. The molecule has 4 heteroatoms. The minimum Gasteiger partial charge on any atom is -0.278 e. The van der Waals surface area contributed by atoms with Gasteiger partial charge in [-0.25, -0.2) is 4.98 Å². The Balaban J connectivity index is 1.73. The molecule has 174 valence electrons. The molecule has 0 saturated heterocycles. The Morgan fingerprint density at radius 2 is 1.39 bits per heavy atom. The van der Waals surface area contributed by atoms with Crippen molar-refractivity contribution in [2.75, 3.05) is 0 Å². The van der Waals surface area contributed by atoms with Crippen LogP contribution in [-0.4, -0.2) is 14.0 Å². The molecule has 6 aromatic rings. The Morgan fingerprint density at radius 3 is 1.97 bits per heavy atom. The lowest BCUT2D eigenvalue weighted by Crippen LogP contribution is -1.97. The Labute approximate surface area is 215 Å². The van der Waals surface area contributed by atoms with Crippen LogP contribution in [0.25, 0.3) is 56.9 Å². The summed E-state index contributed by atoms with van der Waals surface area (Å²) in [6.07, 6.45) is 5.89. The smallest absolute Gasteiger partial charge is 0.220 e. The fourth-order valence-electron chi connectivity index (χ4n) is 4.86. The third-order valence-corrected chi connectivity index (χ3v) is 6.69. The second-order valence-corrected chi connectivity index (χ2v) is 9.13. The third kappa shape index (κ3) is 3.65. The molecular weight excluding hydrogens is 462 g/mol. The number of benzene rings is 4. The Bertz CT molecular complexity index is 1700. The minimum absolute atomic E-state index is 0.681. The van der Waals surface area contributed by atoms with Gasteiger partial charge in [-0.2, -0.15) is 0 Å². The third-order valence-electron chi connectivity index (χ3n) is 6.45. The summed E-state index contributed by atoms with van der Waals surface area (Å²) in [5, 5.41) is 0.681. The van der Waals surface area contributed by atoms with Gasteiger partial charge >= 0.3 is 0 Å². The fraction of sp³-hybridized carbons (Fsp3) is 0.0312. The van der Waals surface area contributed by atoms with E-state index in [0.29, 0.717) is 5.02 Å². The molecular formula is C32H24ClN3. The average Bonchev–Trinajstić information content (AvgIpc) is 3.42. The number of rotatable bonds is 5. The second kappa shape index (κ2) is 9.03. The zero-order chi connectivity index (χ0) is 24.6. The van der Waals surface area contributed by atoms with E-state index < -0.39 is 0 Å². The van der Waals surface area contributed by atoms with Gasteiger partial charge in [0.05, 0.1) is 28.1 Å². The molecule has 36 heavy (non-hydrogen) atoms. The number of halogens is 1. The van der Waals surface area contributed by atoms with Gasteiger partial charge in [0, 0.05) is 5.02 Å². The number of hydrogen-bond acceptors (Lipinski definition) is 1. The molecule has 0 saturated carbocycles. The molecule has 0 bridgehead atoms. The molecule has 0 radical (unpaired) electrons. The predicted molar refractivity (Wildman–Crippen MR) is 153 cm³/mol. The summed E-state index contributed by atoms with van der Waals surface area (Å²) >= 11 is 6.51. The molecule has 0 atom stereocenters. The monoisotopic (exact) mass is 485 g/mol. The number of allylic oxidation sites excluding steroid dienone is 1. The first-order valence-corrected chi connectivity index (χ1v) is 12.3. The molecule has 6 rings (SSSR count). The maximum atomic E-state index is 6.51. The summed E-state index contributed by atoms with van der Waals surface area (Å²) in [6.45, 7) is 6.08. The average molecular weight is 486 g/mol. The van der Waals surface area contributed by atoms with Crippen LogP contribution >= 0.6 is 11.6 Å². The van der Waals surface area contributed by atoms with Crippen LogP contribution in [0.3, 0.4) is 0 Å². The van der Waals surface area contributed by atoms with E-state index in [1.807, 2.05) is 49.4 Å². The van der Waals surface area contributed by atoms with Crippen LogP contribution in [0.2, 0.25) is 5.02 Å². The number of nitrogens with zero attached hydrogens (tertiary/aromatic N) is 3. The molecule has 4 aromatic carbocycles. The van der Waals surface area contributed by atoms with Crippen molar-refractivity contribution in [3.8, 4) is 27.9 Å². The van der Waals surface area contributed by atoms with Crippen molar-refractivity contribution in [1.82, 2.24) is 14.0 Å². The Morgan fingerprint density at radius 1 is 0.750 bits per heavy atom. The van der Waals surface area contributed by atoms with Gasteiger partial charge in [0.2, 0.25) is 5.78 Å². The highest BCUT2D eigenvalue weighted by Gasteiger charge is 2.20. The molecule has 0 aliphatic carbocycles. The van der Waals surface area contributed by atoms with Crippen molar-refractivity contribution >= 4 is 40.6 Å². The van der Waals surface area contributed by atoms with Gasteiger partial charge in [-0.3, -0.25) is 8.97 Å². The quantitative estimate of drug-likeness (QED) is 0.239. The first-order valence-electron chi connectivity index (χ1n) is 11.9. The van der Waals surface area contributed by atoms with Gasteiger partial charge < -0.3 is 0 Å². The molecule has 0 aliphatic rings. The van der Waals surface area contributed by atoms with Crippen LogP contribution in [0.4, 0.5) is 0 Å². The van der Waals surface area contributed by atoms with Gasteiger partial charge in [0.1, 0.15) is 0 Å². The largest absolute Gasteiger partial charge is 0.278 e. The number of fused-ring (bicyclic) bond motifs is 3. The Kier molecular flexibility index (Phi) is 5.55. The lowest BCUT2D eigenvalue weighted by atomic mass is 9.98. The maximum absolute atomic E-state index is 6.51. The zero-order valence-corrected chi connectivity index (χ0v) is 20.7. The molecule has 2 aromatic heterocycles. The van der Waals surface area contributed by atoms with Crippen LogP contribution in [0.5, 0.6) is 0 Å². The van der Waals surface area contributed by atoms with Gasteiger partial charge in [-0.1, -0.05) is 84.9 Å². The van der Waals surface area contributed by atoms with Crippen molar-refractivity contribution in [3.05, 3.63) is 126 Å². The van der Waals surface area contributed by atoms with Crippen molar-refractivity contribution < 1.29 is 0 Å². The van der Waals surface area contributed by atoms with Gasteiger partial charge in [0.15, 0.2) is 0 Å². The summed E-state index contributed by atoms with van der Waals surface area (Å²) in [6, 6.07) is 33.6. The summed E-state index contributed by atoms with van der Waals surface area (Å²) in [4.78, 5) is 5.05. The van der Waals surface area contributed by atoms with Crippen molar-refractivity contribution in [1.29, 1.82) is 0 Å². The van der Waals surface area contributed by atoms with Crippen molar-refractivity contribution in [2.24, 2.45) is 0 Å². The van der Waals surface area contributed by atoms with E-state index in [9.17, 15) is 0 Å². The van der Waals surface area contributed by atoms with Crippen molar-refractivity contribution in [2.45, 2.75) is 6.92 Å². The highest BCUT2D eigenvalue weighted by Crippen LogP contribution is 2.35. The van der Waals surface area contributed by atoms with E-state index in [1.54, 1.807) is 0 Å². The van der Waals surface area contributed by atoms with Crippen LogP contribution in [-0.2, 0) is 0 Å². The van der Waals surface area contributed by atoms with Crippen LogP contribution in [0.15, 0.2) is 110 Å². The van der Waals surface area contributed by atoms with Gasteiger partial charge in [-0.15, -0.1) is 0 Å². The second-order valence-electron chi connectivity index (χ2n) is 8.69. The summed E-state index contributed by atoms with van der Waals surface area (Å²) in [7, 11) is 0. The maximum Gasteiger partial charge on any atom is 0.220 e. The molecule has 0 spiro atoms. The van der Waals surface area contributed by atoms with Gasteiger partial charge in [-0.05, 0) is 77.7 Å². The molecule has 0 N–H and O–H groups in total. The predicted octanol–water partition coefficient (Wildman–Crippen LogP) is 8.94. The molecule has 3 nitrogen and oxygen atoms in total. The van der Waals surface area contributed by atoms with Gasteiger partial charge in [0.25, 0.3) is 0 Å². The van der Waals surface area contributed by atoms with E-state index >= 15 is 0 Å². The summed E-state index contributed by atoms with van der Waals surface area (Å²) < 4.78 is 4.35. The first-order chi connectivity index (χ1) is 17.7. The molecule has 0 fully saturated rings. The van der Waals surface area contributed by atoms with E-state index in [0.717, 1.165) is 56.1 Å². The highest BCUT2D eigenvalue weighted by atomic mass is 35.5. The summed E-state index contributed by atoms with van der Waals surface area (Å²) in [5.74, 6) is 0.819. The van der Waals surface area contributed by atoms with E-state index in [1.165, 1.54) is 0 Å². The molecule has 0 amide bonds. The molecule has 2 heterocycles. The molecule has 0 aliphatic heterocycles. The topological polar surface area (TPSA) is 22.2 Å². The first kappa shape index (κ1) is 22.1. The summed E-state index contributed by atoms with van der Waals surface area (Å²) in [5.41, 5.74) is 9.47. The molecule has 0 unspecified atom stereocenters. The fourth-order valence-corrected chi connectivity index (χ4v) is 5.03. The van der Waals surface area contributed by atoms with E-state index in [2.05, 4.69) is 88.3 Å². The number of aromatic nitrogens is 3. The van der Waals surface area contributed by atoms with Crippen LogP contribution in [0, 0.1) is 0 Å². The minimum atomic E-state index is 0.681. The van der Waals surface area contributed by atoms with E-state index in [4.69, 9.17) is 16.6 Å². The van der Waals surface area contributed by atoms with E-state index in [-0.39, 0.29) is 0 Å².